The van der Waals surface area contributed by atoms with E-state index in [4.69, 9.17) is 9.84 Å². The first-order valence-electron chi connectivity index (χ1n) is 6.39. The molecule has 1 heterocycles. The molecule has 0 aliphatic carbocycles. The van der Waals surface area contributed by atoms with Gasteiger partial charge in [0.05, 0.1) is 23.8 Å². The highest BCUT2D eigenvalue weighted by atomic mass is 16.6. The number of carboxylic acid groups (broad SMARTS) is 1. The summed E-state index contributed by atoms with van der Waals surface area (Å²) in [5.41, 5.74) is 1.49. The summed E-state index contributed by atoms with van der Waals surface area (Å²) in [4.78, 5) is 27.3. The van der Waals surface area contributed by atoms with Crippen molar-refractivity contribution in [2.45, 2.75) is 20.4 Å². The Hall–Kier alpha value is -2.06. The number of aryl methyl sites for hydroxylation is 1. The van der Waals surface area contributed by atoms with Crippen LogP contribution in [0.5, 0.6) is 0 Å². The first kappa shape index (κ1) is 17.0. The minimum absolute atomic E-state index is 0.0296. The van der Waals surface area contributed by atoms with Crippen LogP contribution in [0.25, 0.3) is 0 Å². The lowest BCUT2D eigenvalue weighted by Gasteiger charge is -2.20. The maximum Gasteiger partial charge on any atom is 0.317 e. The maximum absolute atomic E-state index is 11.1. The van der Waals surface area contributed by atoms with Gasteiger partial charge in [-0.15, -0.1) is 0 Å². The van der Waals surface area contributed by atoms with Gasteiger partial charge in [-0.1, -0.05) is 0 Å². The predicted molar refractivity (Wildman–Crippen MR) is 75.2 cm³/mol. The molecule has 0 saturated carbocycles. The van der Waals surface area contributed by atoms with Crippen molar-refractivity contribution in [2.24, 2.45) is 0 Å². The van der Waals surface area contributed by atoms with Crippen LogP contribution in [0.4, 0.5) is 5.69 Å². The van der Waals surface area contributed by atoms with E-state index >= 15 is 0 Å². The zero-order chi connectivity index (χ0) is 16.0. The van der Waals surface area contributed by atoms with Crippen LogP contribution >= 0.6 is 0 Å². The molecule has 1 N–H and O–H groups in total. The lowest BCUT2D eigenvalue weighted by molar-refractivity contribution is -0.386. The number of carboxylic acids is 1. The fourth-order valence-corrected chi connectivity index (χ4v) is 2.04. The quantitative estimate of drug-likeness (QED) is 0.566. The van der Waals surface area contributed by atoms with Crippen molar-refractivity contribution in [3.8, 4) is 0 Å². The molecule has 1 aromatic heterocycles. The normalized spacial score (nSPS) is 10.9. The van der Waals surface area contributed by atoms with Gasteiger partial charge in [-0.2, -0.15) is 0 Å². The molecule has 0 radical (unpaired) electrons. The molecule has 8 nitrogen and oxygen atoms in total. The number of ether oxygens (including phenoxy) is 1. The minimum Gasteiger partial charge on any atom is -0.480 e. The van der Waals surface area contributed by atoms with Gasteiger partial charge in [0, 0.05) is 37.5 Å². The summed E-state index contributed by atoms with van der Waals surface area (Å²) in [5, 5.41) is 20.0. The summed E-state index contributed by atoms with van der Waals surface area (Å²) in [6.45, 7) is 4.09. The maximum atomic E-state index is 11.1. The Kier molecular flexibility index (Phi) is 6.19. The van der Waals surface area contributed by atoms with Crippen LogP contribution in [0.3, 0.4) is 0 Å². The van der Waals surface area contributed by atoms with Crippen LogP contribution in [-0.4, -0.2) is 52.7 Å². The van der Waals surface area contributed by atoms with Crippen molar-refractivity contribution < 1.29 is 19.6 Å². The molecule has 0 aliphatic rings. The van der Waals surface area contributed by atoms with Crippen LogP contribution in [0.15, 0.2) is 6.20 Å². The van der Waals surface area contributed by atoms with Gasteiger partial charge in [-0.05, 0) is 13.8 Å². The Balaban J connectivity index is 3.00. The largest absolute Gasteiger partial charge is 0.480 e. The second kappa shape index (κ2) is 7.65. The second-order valence-electron chi connectivity index (χ2n) is 4.72. The van der Waals surface area contributed by atoms with Crippen molar-refractivity contribution in [3.05, 3.63) is 33.1 Å². The van der Waals surface area contributed by atoms with Gasteiger partial charge < -0.3 is 9.84 Å². The molecule has 1 rings (SSSR count). The van der Waals surface area contributed by atoms with Gasteiger partial charge >= 0.3 is 5.97 Å². The van der Waals surface area contributed by atoms with Crippen LogP contribution in [-0.2, 0) is 16.1 Å². The highest BCUT2D eigenvalue weighted by molar-refractivity contribution is 5.69. The smallest absolute Gasteiger partial charge is 0.317 e. The molecule has 0 amide bonds. The van der Waals surface area contributed by atoms with Crippen LogP contribution < -0.4 is 0 Å². The number of aromatic nitrogens is 1. The average Bonchev–Trinajstić information content (AvgIpc) is 2.38. The summed E-state index contributed by atoms with van der Waals surface area (Å²) in [6, 6.07) is 0. The number of methoxy groups -OCH3 is 1. The Morgan fingerprint density at radius 2 is 2.19 bits per heavy atom. The molecule has 0 unspecified atom stereocenters. The number of aliphatic carboxylic acids is 1. The summed E-state index contributed by atoms with van der Waals surface area (Å²) in [7, 11) is 1.53. The molecule has 1 aromatic rings. The predicted octanol–water partition coefficient (Wildman–Crippen LogP) is 1.14. The van der Waals surface area contributed by atoms with Crippen LogP contribution in [0, 0.1) is 24.0 Å². The summed E-state index contributed by atoms with van der Waals surface area (Å²) < 4.78 is 4.94. The van der Waals surface area contributed by atoms with Gasteiger partial charge in [0.2, 0.25) is 0 Å². The van der Waals surface area contributed by atoms with Gasteiger partial charge in [0.15, 0.2) is 0 Å². The van der Waals surface area contributed by atoms with E-state index in [0.717, 1.165) is 0 Å². The van der Waals surface area contributed by atoms with Crippen LogP contribution in [0.1, 0.15) is 16.8 Å². The number of nitro groups is 1. The van der Waals surface area contributed by atoms with Crippen molar-refractivity contribution in [1.29, 1.82) is 0 Å². The van der Waals surface area contributed by atoms with E-state index in [2.05, 4.69) is 4.98 Å². The molecule has 0 saturated heterocycles. The standard InChI is InChI=1S/C13H19N3O5/c1-9-6-14-11(10(2)13(9)16(19)20)7-15(4-5-21-3)8-12(17)18/h6H,4-5,7-8H2,1-3H3,(H,17,18). The van der Waals surface area contributed by atoms with Crippen molar-refractivity contribution in [3.63, 3.8) is 0 Å². The highest BCUT2D eigenvalue weighted by Crippen LogP contribution is 2.24. The number of hydrogen-bond acceptors (Lipinski definition) is 6. The van der Waals surface area contributed by atoms with Gasteiger partial charge in [-0.3, -0.25) is 24.8 Å². The lowest BCUT2D eigenvalue weighted by Crippen LogP contribution is -2.32. The molecule has 0 aliphatic heterocycles. The van der Waals surface area contributed by atoms with Crippen molar-refractivity contribution >= 4 is 11.7 Å². The second-order valence-corrected chi connectivity index (χ2v) is 4.72. The number of rotatable bonds is 8. The molecule has 116 valence electrons. The zero-order valence-electron chi connectivity index (χ0n) is 12.3. The Labute approximate surface area is 122 Å². The first-order valence-corrected chi connectivity index (χ1v) is 6.39. The molecule has 0 aromatic carbocycles. The zero-order valence-corrected chi connectivity index (χ0v) is 12.3. The molecule has 0 fully saturated rings. The third-order valence-corrected chi connectivity index (χ3v) is 3.10. The molecular weight excluding hydrogens is 278 g/mol. The van der Waals surface area contributed by atoms with E-state index < -0.39 is 10.9 Å². The Morgan fingerprint density at radius 1 is 1.52 bits per heavy atom. The van der Waals surface area contributed by atoms with Gasteiger partial charge in [0.1, 0.15) is 0 Å². The summed E-state index contributed by atoms with van der Waals surface area (Å²) >= 11 is 0. The Bertz CT molecular complexity index is 533. The SMILES string of the molecule is COCCN(CC(=O)O)Cc1ncc(C)c([N+](=O)[O-])c1C. The highest BCUT2D eigenvalue weighted by Gasteiger charge is 2.20. The van der Waals surface area contributed by atoms with E-state index in [1.165, 1.54) is 13.3 Å². The van der Waals surface area contributed by atoms with Gasteiger partial charge in [-0.25, -0.2) is 0 Å². The number of hydrogen-bond donors (Lipinski definition) is 1. The minimum atomic E-state index is -0.967. The van der Waals surface area contributed by atoms with E-state index in [-0.39, 0.29) is 18.8 Å². The molecule has 0 spiro atoms. The molecule has 0 atom stereocenters. The molecule has 0 bridgehead atoms. The van der Waals surface area contributed by atoms with E-state index in [0.29, 0.717) is 30.0 Å². The van der Waals surface area contributed by atoms with Crippen molar-refractivity contribution in [1.82, 2.24) is 9.88 Å². The van der Waals surface area contributed by atoms with Crippen molar-refractivity contribution in [2.75, 3.05) is 26.8 Å². The average molecular weight is 297 g/mol. The monoisotopic (exact) mass is 297 g/mol. The van der Waals surface area contributed by atoms with Gasteiger partial charge in [0.25, 0.3) is 5.69 Å². The first-order chi connectivity index (χ1) is 9.86. The molecule has 21 heavy (non-hydrogen) atoms. The third kappa shape index (κ3) is 4.76. The van der Waals surface area contributed by atoms with Crippen LogP contribution in [0.2, 0.25) is 0 Å². The number of carbonyl (C=O) groups is 1. The lowest BCUT2D eigenvalue weighted by atomic mass is 10.1. The number of pyridine rings is 1. The Morgan fingerprint density at radius 3 is 2.71 bits per heavy atom. The topological polar surface area (TPSA) is 106 Å². The molecular formula is C13H19N3O5. The molecule has 8 heteroatoms. The third-order valence-electron chi connectivity index (χ3n) is 3.10. The summed E-state index contributed by atoms with van der Waals surface area (Å²) in [5.74, 6) is -0.967. The summed E-state index contributed by atoms with van der Waals surface area (Å²) in [6.07, 6.45) is 1.44. The number of nitrogens with zero attached hydrogens (tertiary/aromatic N) is 3. The van der Waals surface area contributed by atoms with E-state index in [1.807, 2.05) is 0 Å². The fourth-order valence-electron chi connectivity index (χ4n) is 2.04. The van der Waals surface area contributed by atoms with E-state index in [1.54, 1.807) is 18.7 Å². The fraction of sp³-hybridized carbons (Fsp3) is 0.538. The van der Waals surface area contributed by atoms with E-state index in [9.17, 15) is 14.9 Å².